The lowest BCUT2D eigenvalue weighted by Gasteiger charge is -2.16. The first-order chi connectivity index (χ1) is 12.3. The minimum Gasteiger partial charge on any atom is -0.485 e. The zero-order valence-corrected chi connectivity index (χ0v) is 14.6. The summed E-state index contributed by atoms with van der Waals surface area (Å²) >= 11 is 0. The number of imidazole rings is 1. The van der Waals surface area contributed by atoms with Gasteiger partial charge >= 0.3 is 0 Å². The second kappa shape index (κ2) is 6.60. The number of fused-ring (bicyclic) bond motifs is 2. The van der Waals surface area contributed by atoms with E-state index in [2.05, 4.69) is 60.9 Å². The van der Waals surface area contributed by atoms with Gasteiger partial charge in [0.25, 0.3) is 0 Å². The Hall–Kier alpha value is -2.81. The molecule has 4 aromatic rings. The van der Waals surface area contributed by atoms with E-state index in [1.165, 1.54) is 10.9 Å². The first kappa shape index (κ1) is 15.7. The summed E-state index contributed by atoms with van der Waals surface area (Å²) in [5.74, 6) is 1.88. The van der Waals surface area contributed by atoms with Gasteiger partial charge in [0.2, 0.25) is 0 Å². The highest BCUT2D eigenvalue weighted by Crippen LogP contribution is 2.28. The highest BCUT2D eigenvalue weighted by atomic mass is 16.5. The van der Waals surface area contributed by atoms with Crippen molar-refractivity contribution in [3.8, 4) is 5.75 Å². The van der Waals surface area contributed by atoms with Gasteiger partial charge in [-0.1, -0.05) is 55.5 Å². The van der Waals surface area contributed by atoms with Crippen molar-refractivity contribution in [2.75, 3.05) is 0 Å². The summed E-state index contributed by atoms with van der Waals surface area (Å²) in [6.07, 6.45) is 1.06. The molecule has 3 aromatic carbocycles. The first-order valence-corrected chi connectivity index (χ1v) is 8.84. The molecule has 3 nitrogen and oxygen atoms in total. The number of ether oxygens (including phenoxy) is 1. The molecule has 0 aliphatic heterocycles. The lowest BCUT2D eigenvalue weighted by atomic mass is 10.1. The van der Waals surface area contributed by atoms with E-state index in [0.717, 1.165) is 28.9 Å². The Labute approximate surface area is 147 Å². The van der Waals surface area contributed by atoms with Gasteiger partial charge in [-0.15, -0.1) is 0 Å². The monoisotopic (exact) mass is 330 g/mol. The molecule has 4 rings (SSSR count). The molecular weight excluding hydrogens is 308 g/mol. The highest BCUT2D eigenvalue weighted by molar-refractivity contribution is 5.88. The zero-order valence-electron chi connectivity index (χ0n) is 14.6. The van der Waals surface area contributed by atoms with E-state index in [1.54, 1.807) is 0 Å². The van der Waals surface area contributed by atoms with Crippen LogP contribution in [0.25, 0.3) is 21.8 Å². The quantitative estimate of drug-likeness (QED) is 0.466. The van der Waals surface area contributed by atoms with Crippen LogP contribution in [0.4, 0.5) is 0 Å². The summed E-state index contributed by atoms with van der Waals surface area (Å²) in [4.78, 5) is 4.81. The molecule has 126 valence electrons. The minimum atomic E-state index is 0.388. The normalized spacial score (nSPS) is 12.6. The van der Waals surface area contributed by atoms with Gasteiger partial charge in [0.05, 0.1) is 11.0 Å². The molecule has 1 atom stereocenters. The molecule has 0 saturated heterocycles. The van der Waals surface area contributed by atoms with Gasteiger partial charge in [0.15, 0.2) is 0 Å². The number of benzene rings is 3. The summed E-state index contributed by atoms with van der Waals surface area (Å²) in [7, 11) is 0. The summed E-state index contributed by atoms with van der Waals surface area (Å²) < 4.78 is 8.49. The molecule has 1 unspecified atom stereocenters. The fourth-order valence-corrected chi connectivity index (χ4v) is 3.33. The third-order valence-electron chi connectivity index (χ3n) is 4.81. The molecular formula is C22H22N2O. The van der Waals surface area contributed by atoms with Crippen LogP contribution in [-0.2, 0) is 6.61 Å². The van der Waals surface area contributed by atoms with Crippen LogP contribution < -0.4 is 4.74 Å². The fourth-order valence-electron chi connectivity index (χ4n) is 3.33. The molecule has 0 bridgehead atoms. The highest BCUT2D eigenvalue weighted by Gasteiger charge is 2.15. The molecule has 0 saturated carbocycles. The number of nitrogens with zero attached hydrogens (tertiary/aromatic N) is 2. The van der Waals surface area contributed by atoms with Crippen molar-refractivity contribution in [3.05, 3.63) is 72.6 Å². The Kier molecular flexibility index (Phi) is 4.14. The van der Waals surface area contributed by atoms with Crippen molar-refractivity contribution in [1.29, 1.82) is 0 Å². The van der Waals surface area contributed by atoms with E-state index in [9.17, 15) is 0 Å². The van der Waals surface area contributed by atoms with Crippen LogP contribution >= 0.6 is 0 Å². The van der Waals surface area contributed by atoms with Crippen LogP contribution in [0.15, 0.2) is 66.7 Å². The molecule has 0 fully saturated rings. The van der Waals surface area contributed by atoms with Crippen molar-refractivity contribution in [2.45, 2.75) is 32.9 Å². The second-order valence-electron chi connectivity index (χ2n) is 6.41. The Balaban J connectivity index is 1.71. The lowest BCUT2D eigenvalue weighted by molar-refractivity contribution is 0.289. The third-order valence-corrected chi connectivity index (χ3v) is 4.81. The van der Waals surface area contributed by atoms with Crippen molar-refractivity contribution in [2.24, 2.45) is 0 Å². The van der Waals surface area contributed by atoms with Crippen molar-refractivity contribution in [3.63, 3.8) is 0 Å². The topological polar surface area (TPSA) is 27.1 Å². The second-order valence-corrected chi connectivity index (χ2v) is 6.41. The maximum absolute atomic E-state index is 6.19. The van der Waals surface area contributed by atoms with Gasteiger partial charge in [0, 0.05) is 11.4 Å². The van der Waals surface area contributed by atoms with Crippen LogP contribution in [0.5, 0.6) is 5.75 Å². The van der Waals surface area contributed by atoms with Crippen molar-refractivity contribution in [1.82, 2.24) is 9.55 Å². The maximum Gasteiger partial charge on any atom is 0.148 e. The van der Waals surface area contributed by atoms with Crippen LogP contribution in [0.1, 0.15) is 32.1 Å². The molecule has 3 heteroatoms. The summed E-state index contributed by atoms with van der Waals surface area (Å²) in [6.45, 7) is 4.90. The van der Waals surface area contributed by atoms with Gasteiger partial charge in [-0.2, -0.15) is 0 Å². The number of hydrogen-bond donors (Lipinski definition) is 0. The van der Waals surface area contributed by atoms with E-state index in [0.29, 0.717) is 12.6 Å². The molecule has 0 amide bonds. The number of aromatic nitrogens is 2. The van der Waals surface area contributed by atoms with E-state index in [1.807, 2.05) is 24.3 Å². The molecule has 0 aliphatic rings. The van der Waals surface area contributed by atoms with Crippen LogP contribution in [0, 0.1) is 0 Å². The van der Waals surface area contributed by atoms with Gasteiger partial charge in [-0.25, -0.2) is 4.98 Å². The van der Waals surface area contributed by atoms with Gasteiger partial charge in [0.1, 0.15) is 18.2 Å². The molecule has 0 N–H and O–H groups in total. The van der Waals surface area contributed by atoms with Crippen LogP contribution in [0.3, 0.4) is 0 Å². The lowest BCUT2D eigenvalue weighted by Crippen LogP contribution is -2.11. The average molecular weight is 330 g/mol. The molecule has 0 radical (unpaired) electrons. The smallest absolute Gasteiger partial charge is 0.148 e. The fraction of sp³-hybridized carbons (Fsp3) is 0.227. The van der Waals surface area contributed by atoms with Crippen LogP contribution in [0.2, 0.25) is 0 Å². The van der Waals surface area contributed by atoms with Gasteiger partial charge in [-0.05, 0) is 36.9 Å². The molecule has 0 spiro atoms. The van der Waals surface area contributed by atoms with Gasteiger partial charge in [-0.3, -0.25) is 0 Å². The van der Waals surface area contributed by atoms with Crippen molar-refractivity contribution < 1.29 is 4.74 Å². The standard InChI is InChI=1S/C22H22N2O/c1-3-16(2)24-20-13-7-6-12-19(20)23-22(24)15-25-21-14-8-10-17-9-4-5-11-18(17)21/h4-14,16H,3,15H2,1-2H3. The Morgan fingerprint density at radius 3 is 2.60 bits per heavy atom. The number of hydrogen-bond acceptors (Lipinski definition) is 2. The van der Waals surface area contributed by atoms with Gasteiger partial charge < -0.3 is 9.30 Å². The summed E-state index contributed by atoms with van der Waals surface area (Å²) in [6, 6.07) is 23.2. The van der Waals surface area contributed by atoms with Crippen molar-refractivity contribution >= 4 is 21.8 Å². The summed E-state index contributed by atoms with van der Waals surface area (Å²) in [5, 5.41) is 2.33. The van der Waals surface area contributed by atoms with E-state index in [4.69, 9.17) is 9.72 Å². The Bertz CT molecular complexity index is 1010. The number of rotatable bonds is 5. The van der Waals surface area contributed by atoms with E-state index in [-0.39, 0.29) is 0 Å². The average Bonchev–Trinajstić information content (AvgIpc) is 3.04. The van der Waals surface area contributed by atoms with Crippen LogP contribution in [-0.4, -0.2) is 9.55 Å². The van der Waals surface area contributed by atoms with E-state index < -0.39 is 0 Å². The zero-order chi connectivity index (χ0) is 17.2. The predicted octanol–water partition coefficient (Wildman–Crippen LogP) is 5.74. The largest absolute Gasteiger partial charge is 0.485 e. The van der Waals surface area contributed by atoms with E-state index >= 15 is 0 Å². The maximum atomic E-state index is 6.19. The molecule has 25 heavy (non-hydrogen) atoms. The number of para-hydroxylation sites is 2. The molecule has 1 heterocycles. The Morgan fingerprint density at radius 2 is 1.72 bits per heavy atom. The third kappa shape index (κ3) is 2.86. The Morgan fingerprint density at radius 1 is 0.960 bits per heavy atom. The minimum absolute atomic E-state index is 0.388. The molecule has 1 aromatic heterocycles. The predicted molar refractivity (Wildman–Crippen MR) is 103 cm³/mol. The first-order valence-electron chi connectivity index (χ1n) is 8.84. The SMILES string of the molecule is CCC(C)n1c(COc2cccc3ccccc23)nc2ccccc21. The summed E-state index contributed by atoms with van der Waals surface area (Å²) in [5.41, 5.74) is 2.20. The molecule has 0 aliphatic carbocycles.